The third-order valence-corrected chi connectivity index (χ3v) is 8.32. The lowest BCUT2D eigenvalue weighted by Gasteiger charge is -2.36. The predicted molar refractivity (Wildman–Crippen MR) is 170 cm³/mol. The van der Waals surface area contributed by atoms with Gasteiger partial charge < -0.3 is 24.5 Å². The Kier molecular flexibility index (Phi) is 9.75. The molecule has 0 bridgehead atoms. The Labute approximate surface area is 259 Å². The van der Waals surface area contributed by atoms with Crippen molar-refractivity contribution in [1.82, 2.24) is 35.1 Å². The first-order valence-electron chi connectivity index (χ1n) is 15.4. The molecule has 11 heteroatoms. The number of amides is 2. The summed E-state index contributed by atoms with van der Waals surface area (Å²) in [6.45, 7) is 16.1. The molecule has 4 heterocycles. The van der Waals surface area contributed by atoms with Gasteiger partial charge in [-0.25, -0.2) is 0 Å². The number of hydrogen-bond acceptors (Lipinski definition) is 9. The largest absolute Gasteiger partial charge is 0.366 e. The van der Waals surface area contributed by atoms with Crippen molar-refractivity contribution < 1.29 is 14.1 Å². The lowest BCUT2D eigenvalue weighted by molar-refractivity contribution is -0.126. The summed E-state index contributed by atoms with van der Waals surface area (Å²) >= 11 is 0. The molecule has 2 aromatic heterocycles. The first kappa shape index (κ1) is 31.3. The van der Waals surface area contributed by atoms with Crippen LogP contribution < -0.4 is 10.2 Å². The van der Waals surface area contributed by atoms with Gasteiger partial charge in [0.05, 0.1) is 11.9 Å². The van der Waals surface area contributed by atoms with Crippen LogP contribution in [0.4, 0.5) is 5.69 Å². The molecule has 2 aliphatic heterocycles. The van der Waals surface area contributed by atoms with E-state index in [0.717, 1.165) is 73.8 Å². The molecule has 11 nitrogen and oxygen atoms in total. The van der Waals surface area contributed by atoms with Gasteiger partial charge in [0.15, 0.2) is 0 Å². The number of benzene rings is 1. The molecule has 0 saturated carbocycles. The molecule has 2 amide bonds. The van der Waals surface area contributed by atoms with Crippen LogP contribution in [-0.4, -0.2) is 108 Å². The normalized spacial score (nSPS) is 16.9. The van der Waals surface area contributed by atoms with Crippen molar-refractivity contribution >= 4 is 17.5 Å². The molecule has 0 radical (unpaired) electrons. The van der Waals surface area contributed by atoms with Crippen molar-refractivity contribution in [3.63, 3.8) is 0 Å². The Hall–Kier alpha value is -4.09. The number of carbonyl (C=O) groups excluding carboxylic acids is 2. The third-order valence-electron chi connectivity index (χ3n) is 8.32. The van der Waals surface area contributed by atoms with Crippen LogP contribution in [0, 0.1) is 6.92 Å². The first-order valence-corrected chi connectivity index (χ1v) is 15.4. The average molecular weight is 601 g/mol. The quantitative estimate of drug-likeness (QED) is 0.390. The molecule has 1 aromatic carbocycles. The van der Waals surface area contributed by atoms with Gasteiger partial charge in [-0.1, -0.05) is 50.2 Å². The minimum absolute atomic E-state index is 0.0362. The molecule has 1 N–H and O–H groups in total. The van der Waals surface area contributed by atoms with E-state index in [2.05, 4.69) is 54.3 Å². The molecular weight excluding hydrogens is 556 g/mol. The van der Waals surface area contributed by atoms with E-state index >= 15 is 0 Å². The number of piperazine rings is 2. The maximum absolute atomic E-state index is 12.9. The SMILES string of the molecule is Cc1cc(-c2ccncc2N2CCN(C(=O)C=CCN3CCN(C)CC3)CC2)ccc1CNC(=O)c1noc(C(C)(C)C)n1. The summed E-state index contributed by atoms with van der Waals surface area (Å²) < 4.78 is 5.25. The average Bonchev–Trinajstić information content (AvgIpc) is 3.53. The summed E-state index contributed by atoms with van der Waals surface area (Å²) in [5, 5.41) is 6.74. The van der Waals surface area contributed by atoms with Gasteiger partial charge in [0.2, 0.25) is 11.8 Å². The fraction of sp³-hybridized carbons (Fsp3) is 0.485. The van der Waals surface area contributed by atoms with E-state index in [-0.39, 0.29) is 23.1 Å². The van der Waals surface area contributed by atoms with Crippen LogP contribution in [-0.2, 0) is 16.8 Å². The zero-order valence-corrected chi connectivity index (χ0v) is 26.5. The lowest BCUT2D eigenvalue weighted by atomic mass is 9.97. The summed E-state index contributed by atoms with van der Waals surface area (Å²) in [6, 6.07) is 8.28. The molecule has 0 atom stereocenters. The number of nitrogens with zero attached hydrogens (tertiary/aromatic N) is 7. The lowest BCUT2D eigenvalue weighted by Crippen LogP contribution is -2.48. The molecule has 2 saturated heterocycles. The van der Waals surface area contributed by atoms with E-state index in [1.54, 1.807) is 6.08 Å². The highest BCUT2D eigenvalue weighted by molar-refractivity contribution is 5.90. The van der Waals surface area contributed by atoms with Crippen molar-refractivity contribution in [2.45, 2.75) is 39.7 Å². The maximum Gasteiger partial charge on any atom is 0.292 e. The number of nitrogens with one attached hydrogen (secondary N) is 1. The Bertz CT molecular complexity index is 1480. The van der Waals surface area contributed by atoms with Gasteiger partial charge in [-0.05, 0) is 36.7 Å². The second-order valence-electron chi connectivity index (χ2n) is 12.7. The van der Waals surface area contributed by atoms with Gasteiger partial charge >= 0.3 is 0 Å². The highest BCUT2D eigenvalue weighted by Gasteiger charge is 2.25. The van der Waals surface area contributed by atoms with Gasteiger partial charge in [0.25, 0.3) is 11.7 Å². The van der Waals surface area contributed by atoms with Crippen LogP contribution >= 0.6 is 0 Å². The number of hydrogen-bond donors (Lipinski definition) is 1. The van der Waals surface area contributed by atoms with E-state index in [1.165, 1.54) is 0 Å². The number of likely N-dealkylation sites (N-methyl/N-ethyl adjacent to an activating group) is 1. The Balaban J connectivity index is 1.17. The Morgan fingerprint density at radius 3 is 2.45 bits per heavy atom. The van der Waals surface area contributed by atoms with Crippen molar-refractivity contribution in [3.8, 4) is 11.1 Å². The van der Waals surface area contributed by atoms with Crippen LogP contribution in [0.15, 0.2) is 53.3 Å². The first-order chi connectivity index (χ1) is 21.1. The van der Waals surface area contributed by atoms with Gasteiger partial charge in [-0.3, -0.25) is 19.5 Å². The Morgan fingerprint density at radius 2 is 1.77 bits per heavy atom. The molecule has 3 aromatic rings. The molecule has 0 unspecified atom stereocenters. The van der Waals surface area contributed by atoms with Gasteiger partial charge in [-0.2, -0.15) is 4.98 Å². The van der Waals surface area contributed by atoms with E-state index in [4.69, 9.17) is 4.52 Å². The Morgan fingerprint density at radius 1 is 1.02 bits per heavy atom. The van der Waals surface area contributed by atoms with Gasteiger partial charge in [0.1, 0.15) is 0 Å². The molecular formula is C33H44N8O3. The van der Waals surface area contributed by atoms with Crippen molar-refractivity contribution in [3.05, 3.63) is 71.7 Å². The van der Waals surface area contributed by atoms with Gasteiger partial charge in [-0.15, -0.1) is 0 Å². The number of aromatic nitrogens is 3. The fourth-order valence-corrected chi connectivity index (χ4v) is 5.43. The highest BCUT2D eigenvalue weighted by atomic mass is 16.5. The fourth-order valence-electron chi connectivity index (χ4n) is 5.43. The van der Waals surface area contributed by atoms with E-state index in [9.17, 15) is 9.59 Å². The van der Waals surface area contributed by atoms with Crippen molar-refractivity contribution in [1.29, 1.82) is 0 Å². The number of aryl methyl sites for hydroxylation is 1. The number of rotatable bonds is 8. The highest BCUT2D eigenvalue weighted by Crippen LogP contribution is 2.32. The molecule has 5 rings (SSSR count). The van der Waals surface area contributed by atoms with Crippen molar-refractivity contribution in [2.75, 3.05) is 70.9 Å². The zero-order chi connectivity index (χ0) is 31.3. The smallest absolute Gasteiger partial charge is 0.292 e. The summed E-state index contributed by atoms with van der Waals surface area (Å²) in [4.78, 5) is 43.1. The monoisotopic (exact) mass is 600 g/mol. The summed E-state index contributed by atoms with van der Waals surface area (Å²) in [5.74, 6) is 0.178. The number of pyridine rings is 1. The summed E-state index contributed by atoms with van der Waals surface area (Å²) in [6.07, 6.45) is 7.46. The molecule has 2 fully saturated rings. The topological polar surface area (TPSA) is 111 Å². The third kappa shape index (κ3) is 7.70. The van der Waals surface area contributed by atoms with Crippen LogP contribution in [0.5, 0.6) is 0 Å². The van der Waals surface area contributed by atoms with Gasteiger partial charge in [0, 0.05) is 88.7 Å². The molecule has 2 aliphatic rings. The van der Waals surface area contributed by atoms with E-state index < -0.39 is 0 Å². The standard InChI is InChI=1S/C33H44N8O3/c1-24-21-25(8-9-26(24)22-35-31(43)30-36-32(44-37-30)33(2,3)4)27-10-11-34-23-28(27)40-17-19-41(20-18-40)29(42)7-6-12-39-15-13-38(5)14-16-39/h6-11,21,23H,12-20,22H2,1-5H3,(H,35,43). The van der Waals surface area contributed by atoms with Crippen LogP contribution in [0.1, 0.15) is 48.4 Å². The predicted octanol–water partition coefficient (Wildman–Crippen LogP) is 3.12. The van der Waals surface area contributed by atoms with E-state index in [1.807, 2.05) is 63.2 Å². The van der Waals surface area contributed by atoms with Crippen molar-refractivity contribution in [2.24, 2.45) is 0 Å². The second-order valence-corrected chi connectivity index (χ2v) is 12.7. The molecule has 234 valence electrons. The number of anilines is 1. The van der Waals surface area contributed by atoms with E-state index in [0.29, 0.717) is 25.5 Å². The minimum Gasteiger partial charge on any atom is -0.366 e. The van der Waals surface area contributed by atoms with Crippen LogP contribution in [0.2, 0.25) is 0 Å². The maximum atomic E-state index is 12.9. The summed E-state index contributed by atoms with van der Waals surface area (Å²) in [5.41, 5.74) is 4.96. The number of carbonyl (C=O) groups is 2. The second kappa shape index (κ2) is 13.7. The van der Waals surface area contributed by atoms with Crippen LogP contribution in [0.25, 0.3) is 11.1 Å². The minimum atomic E-state index is -0.368. The molecule has 0 aliphatic carbocycles. The summed E-state index contributed by atoms with van der Waals surface area (Å²) in [7, 11) is 2.15. The van der Waals surface area contributed by atoms with Crippen LogP contribution in [0.3, 0.4) is 0 Å². The molecule has 0 spiro atoms. The molecule has 44 heavy (non-hydrogen) atoms. The zero-order valence-electron chi connectivity index (χ0n) is 26.5.